The fourth-order valence-corrected chi connectivity index (χ4v) is 5.58. The Hall–Kier alpha value is -4.03. The molecule has 4 aromatic rings. The molecule has 1 aliphatic rings. The number of hydrogen-bond donors (Lipinski definition) is 2. The van der Waals surface area contributed by atoms with Crippen LogP contribution in [0.3, 0.4) is 0 Å². The van der Waals surface area contributed by atoms with Crippen LogP contribution in [0.1, 0.15) is 18.9 Å². The number of rotatable bonds is 6. The molecule has 1 fully saturated rings. The van der Waals surface area contributed by atoms with E-state index in [1.54, 1.807) is 18.2 Å². The third kappa shape index (κ3) is 4.85. The minimum Gasteiger partial charge on any atom is -0.480 e. The van der Waals surface area contributed by atoms with Gasteiger partial charge in [-0.1, -0.05) is 12.1 Å². The molecule has 0 radical (unpaired) electrons. The molecule has 0 spiro atoms. The van der Waals surface area contributed by atoms with Crippen LogP contribution >= 0.6 is 0 Å². The van der Waals surface area contributed by atoms with E-state index in [0.29, 0.717) is 48.1 Å². The smallest absolute Gasteiger partial charge is 0.267 e. The third-order valence-electron chi connectivity index (χ3n) is 6.19. The van der Waals surface area contributed by atoms with E-state index in [1.165, 1.54) is 42.1 Å². The van der Waals surface area contributed by atoms with E-state index < -0.39 is 15.8 Å². The molecule has 3 N–H and O–H groups in total. The van der Waals surface area contributed by atoms with Gasteiger partial charge in [-0.05, 0) is 54.8 Å². The van der Waals surface area contributed by atoms with Gasteiger partial charge in [0.25, 0.3) is 15.6 Å². The first-order valence-corrected chi connectivity index (χ1v) is 13.0. The average molecular weight is 526 g/mol. The highest BCUT2D eigenvalue weighted by molar-refractivity contribution is 7.92. The van der Waals surface area contributed by atoms with E-state index in [4.69, 9.17) is 15.2 Å². The average Bonchev–Trinajstić information content (AvgIpc) is 2.88. The molecular formula is C25H24FN5O5S. The highest BCUT2D eigenvalue weighted by Crippen LogP contribution is 2.31. The maximum absolute atomic E-state index is 13.6. The van der Waals surface area contributed by atoms with E-state index in [1.807, 2.05) is 0 Å². The minimum absolute atomic E-state index is 0.0514. The molecule has 0 atom stereocenters. The van der Waals surface area contributed by atoms with E-state index in [-0.39, 0.29) is 34.0 Å². The molecule has 3 heterocycles. The molecule has 192 valence electrons. The Labute approximate surface area is 211 Å². The number of nitrogens with one attached hydrogen (secondary N) is 1. The van der Waals surface area contributed by atoms with Gasteiger partial charge >= 0.3 is 0 Å². The van der Waals surface area contributed by atoms with E-state index in [2.05, 4.69) is 14.7 Å². The number of nitrogens with two attached hydrogens (primary N) is 1. The standard InChI is InChI=1S/C25H24FN5O5S/c1-35-23-22(37(33,34)30-18-4-2-3-17(26)13-18)12-16(14-28-23)15-5-6-21-20(11-15)24(32)31(25(27)29-21)19-7-9-36-10-8-19/h2-6,11-14,19,30H,7-10H2,1H3,(H2,27,29). The SMILES string of the molecule is COc1ncc(-c2ccc3nc(N)n(C4CCOCC4)c(=O)c3c2)cc1S(=O)(=O)Nc1cccc(F)c1. The summed E-state index contributed by atoms with van der Waals surface area (Å²) in [6.45, 7) is 1.07. The predicted molar refractivity (Wildman–Crippen MR) is 136 cm³/mol. The van der Waals surface area contributed by atoms with Crippen molar-refractivity contribution in [3.8, 4) is 17.0 Å². The summed E-state index contributed by atoms with van der Waals surface area (Å²) in [7, 11) is -2.89. The lowest BCUT2D eigenvalue weighted by molar-refractivity contribution is 0.0692. The van der Waals surface area contributed by atoms with Crippen molar-refractivity contribution in [3.63, 3.8) is 0 Å². The Balaban J connectivity index is 1.58. The summed E-state index contributed by atoms with van der Waals surface area (Å²) in [5.74, 6) is -0.583. The van der Waals surface area contributed by atoms with Crippen molar-refractivity contribution in [2.45, 2.75) is 23.8 Å². The van der Waals surface area contributed by atoms with Gasteiger partial charge in [-0.2, -0.15) is 0 Å². The van der Waals surface area contributed by atoms with Crippen molar-refractivity contribution in [1.29, 1.82) is 0 Å². The lowest BCUT2D eigenvalue weighted by Crippen LogP contribution is -2.31. The fraction of sp³-hybridized carbons (Fsp3) is 0.240. The van der Waals surface area contributed by atoms with Gasteiger partial charge < -0.3 is 15.2 Å². The number of nitrogen functional groups attached to an aromatic ring is 1. The molecule has 0 amide bonds. The number of aromatic nitrogens is 3. The molecule has 37 heavy (non-hydrogen) atoms. The van der Waals surface area contributed by atoms with Crippen LogP contribution in [0.2, 0.25) is 0 Å². The van der Waals surface area contributed by atoms with Crippen LogP contribution in [0, 0.1) is 5.82 Å². The Morgan fingerprint density at radius 2 is 1.92 bits per heavy atom. The number of pyridine rings is 1. The van der Waals surface area contributed by atoms with Gasteiger partial charge in [0.15, 0.2) is 0 Å². The second kappa shape index (κ2) is 9.79. The van der Waals surface area contributed by atoms with Crippen LogP contribution < -0.4 is 20.8 Å². The largest absolute Gasteiger partial charge is 0.480 e. The molecule has 0 saturated carbocycles. The van der Waals surface area contributed by atoms with Crippen LogP contribution in [0.15, 0.2) is 64.4 Å². The summed E-state index contributed by atoms with van der Waals surface area (Å²) in [6.07, 6.45) is 2.75. The van der Waals surface area contributed by atoms with Crippen molar-refractivity contribution in [2.75, 3.05) is 30.8 Å². The Morgan fingerprint density at radius 1 is 1.14 bits per heavy atom. The quantitative estimate of drug-likeness (QED) is 0.391. The van der Waals surface area contributed by atoms with Crippen LogP contribution in [0.4, 0.5) is 16.0 Å². The van der Waals surface area contributed by atoms with Gasteiger partial charge in [0.05, 0.1) is 23.7 Å². The molecular weight excluding hydrogens is 501 g/mol. The Bertz CT molecular complexity index is 1650. The maximum Gasteiger partial charge on any atom is 0.267 e. The fourth-order valence-electron chi connectivity index (χ4n) is 4.39. The van der Waals surface area contributed by atoms with Crippen molar-refractivity contribution < 1.29 is 22.3 Å². The van der Waals surface area contributed by atoms with Crippen molar-refractivity contribution >= 4 is 32.6 Å². The Morgan fingerprint density at radius 3 is 2.65 bits per heavy atom. The zero-order chi connectivity index (χ0) is 26.2. The predicted octanol–water partition coefficient (Wildman–Crippen LogP) is 3.34. The monoisotopic (exact) mass is 525 g/mol. The summed E-state index contributed by atoms with van der Waals surface area (Å²) in [6, 6.07) is 11.3. The van der Waals surface area contributed by atoms with Crippen LogP contribution in [0.5, 0.6) is 5.88 Å². The summed E-state index contributed by atoms with van der Waals surface area (Å²) < 4.78 is 54.3. The third-order valence-corrected chi connectivity index (χ3v) is 7.57. The van der Waals surface area contributed by atoms with E-state index >= 15 is 0 Å². The number of sulfonamides is 1. The molecule has 0 aliphatic carbocycles. The first-order chi connectivity index (χ1) is 17.8. The topological polar surface area (TPSA) is 138 Å². The van der Waals surface area contributed by atoms with Gasteiger partial charge in [0.2, 0.25) is 11.8 Å². The summed E-state index contributed by atoms with van der Waals surface area (Å²) in [4.78, 5) is 21.7. The van der Waals surface area contributed by atoms with Crippen molar-refractivity contribution in [2.24, 2.45) is 0 Å². The first-order valence-electron chi connectivity index (χ1n) is 11.5. The van der Waals surface area contributed by atoms with Crippen LogP contribution in [0.25, 0.3) is 22.0 Å². The molecule has 0 bridgehead atoms. The molecule has 2 aromatic carbocycles. The number of fused-ring (bicyclic) bond motifs is 1. The highest BCUT2D eigenvalue weighted by Gasteiger charge is 2.24. The van der Waals surface area contributed by atoms with E-state index in [0.717, 1.165) is 6.07 Å². The lowest BCUT2D eigenvalue weighted by Gasteiger charge is -2.25. The molecule has 12 heteroatoms. The number of anilines is 2. The molecule has 10 nitrogen and oxygen atoms in total. The molecule has 1 saturated heterocycles. The molecule has 1 aliphatic heterocycles. The van der Waals surface area contributed by atoms with Crippen molar-refractivity contribution in [3.05, 3.63) is 70.9 Å². The summed E-state index contributed by atoms with van der Waals surface area (Å²) in [5.41, 5.74) is 7.30. The van der Waals surface area contributed by atoms with Crippen LogP contribution in [-0.4, -0.2) is 43.3 Å². The normalized spacial score (nSPS) is 14.5. The molecule has 5 rings (SSSR count). The summed E-state index contributed by atoms with van der Waals surface area (Å²) >= 11 is 0. The summed E-state index contributed by atoms with van der Waals surface area (Å²) in [5, 5.41) is 0.344. The highest BCUT2D eigenvalue weighted by atomic mass is 32.2. The maximum atomic E-state index is 13.6. The number of halogens is 1. The number of ether oxygens (including phenoxy) is 2. The minimum atomic E-state index is -4.19. The van der Waals surface area contributed by atoms with Gasteiger partial charge in [0.1, 0.15) is 10.7 Å². The number of benzene rings is 2. The van der Waals surface area contributed by atoms with E-state index in [9.17, 15) is 17.6 Å². The van der Waals surface area contributed by atoms with Gasteiger partial charge in [0, 0.05) is 31.0 Å². The number of hydrogen-bond acceptors (Lipinski definition) is 8. The Kier molecular flexibility index (Phi) is 6.52. The van der Waals surface area contributed by atoms with Gasteiger partial charge in [-0.15, -0.1) is 0 Å². The van der Waals surface area contributed by atoms with Gasteiger partial charge in [-0.3, -0.25) is 14.1 Å². The molecule has 2 aromatic heterocycles. The number of methoxy groups -OCH3 is 1. The second-order valence-electron chi connectivity index (χ2n) is 8.57. The lowest BCUT2D eigenvalue weighted by atomic mass is 10.0. The zero-order valence-corrected chi connectivity index (χ0v) is 20.7. The zero-order valence-electron chi connectivity index (χ0n) is 19.8. The van der Waals surface area contributed by atoms with Crippen molar-refractivity contribution in [1.82, 2.24) is 14.5 Å². The van der Waals surface area contributed by atoms with Gasteiger partial charge in [-0.25, -0.2) is 22.8 Å². The number of nitrogens with zero attached hydrogens (tertiary/aromatic N) is 3. The molecule has 0 unspecified atom stereocenters. The second-order valence-corrected chi connectivity index (χ2v) is 10.2. The first kappa shape index (κ1) is 24.7. The van der Waals surface area contributed by atoms with Crippen LogP contribution in [-0.2, 0) is 14.8 Å².